The van der Waals surface area contributed by atoms with E-state index in [2.05, 4.69) is 29.2 Å². The average Bonchev–Trinajstić information content (AvgIpc) is 3.18. The van der Waals surface area contributed by atoms with Crippen LogP contribution in [0.5, 0.6) is 0 Å². The van der Waals surface area contributed by atoms with Crippen molar-refractivity contribution in [1.82, 2.24) is 20.0 Å². The Labute approximate surface area is 160 Å². The van der Waals surface area contributed by atoms with Crippen LogP contribution in [0, 0.1) is 5.82 Å². The van der Waals surface area contributed by atoms with Crippen molar-refractivity contribution < 1.29 is 9.13 Å². The Morgan fingerprint density at radius 1 is 1.33 bits per heavy atom. The van der Waals surface area contributed by atoms with Crippen LogP contribution in [-0.4, -0.2) is 52.9 Å². The second kappa shape index (κ2) is 9.50. The van der Waals surface area contributed by atoms with Gasteiger partial charge in [-0.2, -0.15) is 5.10 Å². The summed E-state index contributed by atoms with van der Waals surface area (Å²) in [5.74, 6) is 0.673. The number of benzene rings is 1. The predicted octanol–water partition coefficient (Wildman–Crippen LogP) is 2.84. The lowest BCUT2D eigenvalue weighted by Gasteiger charge is -2.38. The Hall–Kier alpha value is -2.41. The van der Waals surface area contributed by atoms with E-state index in [4.69, 9.17) is 9.73 Å². The smallest absolute Gasteiger partial charge is 0.194 e. The van der Waals surface area contributed by atoms with Gasteiger partial charge in [0, 0.05) is 38.6 Å². The first-order chi connectivity index (χ1) is 13.2. The summed E-state index contributed by atoms with van der Waals surface area (Å²) in [7, 11) is 0. The van der Waals surface area contributed by atoms with Crippen LogP contribution in [0.3, 0.4) is 0 Å². The Bertz CT molecular complexity index is 716. The number of halogens is 1. The van der Waals surface area contributed by atoms with Gasteiger partial charge in [-0.25, -0.2) is 4.39 Å². The fourth-order valence-electron chi connectivity index (χ4n) is 3.26. The maximum atomic E-state index is 13.2. The normalized spacial score (nSPS) is 20.7. The molecule has 3 rings (SSSR count). The summed E-state index contributed by atoms with van der Waals surface area (Å²) in [4.78, 5) is 7.02. The third kappa shape index (κ3) is 5.53. The van der Waals surface area contributed by atoms with Crippen molar-refractivity contribution >= 4 is 5.96 Å². The summed E-state index contributed by atoms with van der Waals surface area (Å²) in [5, 5.41) is 7.60. The van der Waals surface area contributed by atoms with Gasteiger partial charge in [-0.1, -0.05) is 12.1 Å². The molecule has 1 aromatic heterocycles. The lowest BCUT2D eigenvalue weighted by Crippen LogP contribution is -2.50. The molecule has 2 unspecified atom stereocenters. The standard InChI is InChI=1S/C20H28FN5O/c1-3-22-20(23-10-4-12-26-13-5-11-24-26)25-14-16(2)27-19(15-25)17-6-8-18(21)9-7-17/h5-9,11,13,16,19H,3-4,10,12,14-15H2,1-2H3,(H,22,23). The van der Waals surface area contributed by atoms with Crippen molar-refractivity contribution in [1.29, 1.82) is 0 Å². The molecule has 7 heteroatoms. The molecule has 146 valence electrons. The molecule has 0 bridgehead atoms. The van der Waals surface area contributed by atoms with E-state index < -0.39 is 0 Å². The van der Waals surface area contributed by atoms with Gasteiger partial charge in [-0.05, 0) is 44.0 Å². The molecule has 1 aliphatic rings. The van der Waals surface area contributed by atoms with E-state index in [1.54, 1.807) is 18.3 Å². The van der Waals surface area contributed by atoms with Crippen molar-refractivity contribution in [2.24, 2.45) is 4.99 Å². The number of nitrogens with one attached hydrogen (secondary N) is 1. The van der Waals surface area contributed by atoms with Gasteiger partial charge in [0.2, 0.25) is 0 Å². The first-order valence-corrected chi connectivity index (χ1v) is 9.57. The predicted molar refractivity (Wildman–Crippen MR) is 104 cm³/mol. The zero-order chi connectivity index (χ0) is 19.1. The first-order valence-electron chi connectivity index (χ1n) is 9.57. The summed E-state index contributed by atoms with van der Waals surface area (Å²) in [5.41, 5.74) is 0.988. The van der Waals surface area contributed by atoms with Crippen molar-refractivity contribution in [3.05, 3.63) is 54.1 Å². The molecule has 2 heterocycles. The molecule has 27 heavy (non-hydrogen) atoms. The molecule has 1 aromatic carbocycles. The van der Waals surface area contributed by atoms with E-state index in [0.29, 0.717) is 6.54 Å². The van der Waals surface area contributed by atoms with E-state index in [1.165, 1.54) is 12.1 Å². The van der Waals surface area contributed by atoms with Gasteiger partial charge in [0.1, 0.15) is 11.9 Å². The van der Waals surface area contributed by atoms with Gasteiger partial charge in [0.15, 0.2) is 5.96 Å². The van der Waals surface area contributed by atoms with E-state index in [-0.39, 0.29) is 18.0 Å². The highest BCUT2D eigenvalue weighted by Crippen LogP contribution is 2.25. The minimum atomic E-state index is -0.230. The van der Waals surface area contributed by atoms with E-state index in [1.807, 2.05) is 16.9 Å². The number of guanidine groups is 1. The number of nitrogens with zero attached hydrogens (tertiary/aromatic N) is 4. The molecule has 0 amide bonds. The minimum absolute atomic E-state index is 0.0710. The second-order valence-electron chi connectivity index (χ2n) is 6.75. The molecular formula is C20H28FN5O. The molecular weight excluding hydrogens is 345 g/mol. The maximum Gasteiger partial charge on any atom is 0.194 e. The van der Waals surface area contributed by atoms with Crippen LogP contribution in [0.4, 0.5) is 4.39 Å². The Morgan fingerprint density at radius 2 is 2.15 bits per heavy atom. The highest BCUT2D eigenvalue weighted by atomic mass is 19.1. The number of ether oxygens (including phenoxy) is 1. The molecule has 0 spiro atoms. The second-order valence-corrected chi connectivity index (χ2v) is 6.75. The lowest BCUT2D eigenvalue weighted by atomic mass is 10.1. The van der Waals surface area contributed by atoms with Gasteiger partial charge in [-0.3, -0.25) is 9.67 Å². The van der Waals surface area contributed by atoms with E-state index in [9.17, 15) is 4.39 Å². The molecule has 1 aliphatic heterocycles. The summed E-state index contributed by atoms with van der Waals surface area (Å²) in [6.07, 6.45) is 4.66. The van der Waals surface area contributed by atoms with Crippen LogP contribution >= 0.6 is 0 Å². The van der Waals surface area contributed by atoms with Gasteiger partial charge in [0.25, 0.3) is 0 Å². The maximum absolute atomic E-state index is 13.2. The highest BCUT2D eigenvalue weighted by Gasteiger charge is 2.28. The number of aromatic nitrogens is 2. The van der Waals surface area contributed by atoms with Gasteiger partial charge < -0.3 is 15.0 Å². The number of aliphatic imine (C=N–C) groups is 1. The van der Waals surface area contributed by atoms with Crippen LogP contribution in [0.25, 0.3) is 0 Å². The largest absolute Gasteiger partial charge is 0.367 e. The fraction of sp³-hybridized carbons (Fsp3) is 0.500. The van der Waals surface area contributed by atoms with Crippen LogP contribution < -0.4 is 5.32 Å². The molecule has 1 saturated heterocycles. The van der Waals surface area contributed by atoms with Crippen molar-refractivity contribution in [3.8, 4) is 0 Å². The van der Waals surface area contributed by atoms with Crippen molar-refractivity contribution in [3.63, 3.8) is 0 Å². The SMILES string of the molecule is CCNC(=NCCCn1cccn1)N1CC(C)OC(c2ccc(F)cc2)C1. The summed E-state index contributed by atoms with van der Waals surface area (Å²) in [6, 6.07) is 8.49. The third-order valence-electron chi connectivity index (χ3n) is 4.50. The van der Waals surface area contributed by atoms with Crippen LogP contribution in [-0.2, 0) is 11.3 Å². The quantitative estimate of drug-likeness (QED) is 0.481. The highest BCUT2D eigenvalue weighted by molar-refractivity contribution is 5.80. The molecule has 1 fully saturated rings. The number of morpholine rings is 1. The van der Waals surface area contributed by atoms with Gasteiger partial charge in [0.05, 0.1) is 12.6 Å². The van der Waals surface area contributed by atoms with E-state index in [0.717, 1.165) is 44.1 Å². The fourth-order valence-corrected chi connectivity index (χ4v) is 3.26. The molecule has 0 radical (unpaired) electrons. The molecule has 2 aromatic rings. The number of rotatable bonds is 6. The number of hydrogen-bond donors (Lipinski definition) is 1. The van der Waals surface area contributed by atoms with Crippen molar-refractivity contribution in [2.45, 2.75) is 39.0 Å². The van der Waals surface area contributed by atoms with Crippen molar-refractivity contribution in [2.75, 3.05) is 26.2 Å². The summed E-state index contributed by atoms with van der Waals surface area (Å²) < 4.78 is 21.2. The molecule has 1 N–H and O–H groups in total. The first kappa shape index (κ1) is 19.4. The third-order valence-corrected chi connectivity index (χ3v) is 4.50. The van der Waals surface area contributed by atoms with Crippen LogP contribution in [0.2, 0.25) is 0 Å². The topological polar surface area (TPSA) is 54.7 Å². The Morgan fingerprint density at radius 3 is 2.85 bits per heavy atom. The average molecular weight is 373 g/mol. The van der Waals surface area contributed by atoms with E-state index >= 15 is 0 Å². The van der Waals surface area contributed by atoms with Crippen LogP contribution in [0.1, 0.15) is 31.9 Å². The zero-order valence-electron chi connectivity index (χ0n) is 16.0. The monoisotopic (exact) mass is 373 g/mol. The molecule has 2 atom stereocenters. The van der Waals surface area contributed by atoms with Gasteiger partial charge in [-0.15, -0.1) is 0 Å². The number of hydrogen-bond acceptors (Lipinski definition) is 3. The minimum Gasteiger partial charge on any atom is -0.367 e. The Balaban J connectivity index is 1.63. The molecule has 0 aliphatic carbocycles. The zero-order valence-corrected chi connectivity index (χ0v) is 16.0. The lowest BCUT2D eigenvalue weighted by molar-refractivity contribution is -0.0605. The number of aryl methyl sites for hydroxylation is 1. The molecule has 0 saturated carbocycles. The van der Waals surface area contributed by atoms with Gasteiger partial charge >= 0.3 is 0 Å². The Kier molecular flexibility index (Phi) is 6.81. The molecule has 6 nitrogen and oxygen atoms in total. The van der Waals surface area contributed by atoms with Crippen LogP contribution in [0.15, 0.2) is 47.7 Å². The summed E-state index contributed by atoms with van der Waals surface area (Å²) >= 11 is 0. The summed E-state index contributed by atoms with van der Waals surface area (Å²) in [6.45, 7) is 8.00.